The molecule has 0 aromatic heterocycles. The maximum absolute atomic E-state index is 10.6. The first-order valence-electron chi connectivity index (χ1n) is 10.6. The number of thiocarbonyl (C=S) groups is 1. The maximum Gasteiger partial charge on any atom is 0.303 e. The van der Waals surface area contributed by atoms with Gasteiger partial charge in [0.15, 0.2) is 5.11 Å². The molecule has 0 aliphatic heterocycles. The molecule has 6 heteroatoms. The Hall–Kier alpha value is -2.21. The van der Waals surface area contributed by atoms with Crippen molar-refractivity contribution < 1.29 is 9.90 Å². The molecule has 2 aliphatic rings. The number of carboxylic acid groups (broad SMARTS) is 1. The Kier molecular flexibility index (Phi) is 7.81. The number of hydrazone groups is 1. The van der Waals surface area contributed by atoms with Gasteiger partial charge < -0.3 is 10.4 Å². The van der Waals surface area contributed by atoms with Crippen LogP contribution in [0.4, 0.5) is 5.69 Å². The highest BCUT2D eigenvalue weighted by Crippen LogP contribution is 2.54. The van der Waals surface area contributed by atoms with Crippen molar-refractivity contribution in [3.63, 3.8) is 0 Å². The summed E-state index contributed by atoms with van der Waals surface area (Å²) in [7, 11) is 0. The normalized spacial score (nSPS) is 26.0. The SMILES string of the molecule is C/C(=N\NC(=S)Nc1ccccc1)[C@H]1C2CCC(C2)C1C/C=C\CCCC(=O)O. The number of unbranched alkanes of at least 4 members (excludes halogenated alkanes) is 1. The monoisotopic (exact) mass is 413 g/mol. The summed E-state index contributed by atoms with van der Waals surface area (Å²) in [5.74, 6) is 1.93. The molecule has 29 heavy (non-hydrogen) atoms. The molecular weight excluding hydrogens is 382 g/mol. The van der Waals surface area contributed by atoms with E-state index in [4.69, 9.17) is 17.3 Å². The number of para-hydroxylation sites is 1. The third-order valence-corrected chi connectivity index (χ3v) is 6.47. The van der Waals surface area contributed by atoms with Crippen LogP contribution in [0.3, 0.4) is 0 Å². The lowest BCUT2D eigenvalue weighted by molar-refractivity contribution is -0.137. The molecule has 0 radical (unpaired) electrons. The van der Waals surface area contributed by atoms with Crippen LogP contribution in [-0.4, -0.2) is 21.9 Å². The fourth-order valence-corrected chi connectivity index (χ4v) is 5.20. The first-order chi connectivity index (χ1) is 14.0. The van der Waals surface area contributed by atoms with Gasteiger partial charge in [0, 0.05) is 23.7 Å². The number of allylic oxidation sites excluding steroid dienone is 2. The average molecular weight is 414 g/mol. The smallest absolute Gasteiger partial charge is 0.303 e. The molecule has 1 aromatic carbocycles. The van der Waals surface area contributed by atoms with Gasteiger partial charge in [-0.3, -0.25) is 10.2 Å². The fourth-order valence-electron chi connectivity index (χ4n) is 5.04. The van der Waals surface area contributed by atoms with Gasteiger partial charge in [-0.15, -0.1) is 0 Å². The summed E-state index contributed by atoms with van der Waals surface area (Å²) in [4.78, 5) is 10.6. The van der Waals surface area contributed by atoms with E-state index in [-0.39, 0.29) is 6.42 Å². The summed E-state index contributed by atoms with van der Waals surface area (Å²) in [6, 6.07) is 9.85. The zero-order valence-electron chi connectivity index (χ0n) is 17.0. The van der Waals surface area contributed by atoms with Crippen molar-refractivity contribution in [3.8, 4) is 0 Å². The number of aliphatic carboxylic acids is 1. The van der Waals surface area contributed by atoms with Crippen molar-refractivity contribution in [1.82, 2.24) is 5.43 Å². The molecule has 3 rings (SSSR count). The van der Waals surface area contributed by atoms with Crippen molar-refractivity contribution in [2.75, 3.05) is 5.32 Å². The third kappa shape index (κ3) is 6.13. The van der Waals surface area contributed by atoms with Crippen molar-refractivity contribution in [1.29, 1.82) is 0 Å². The minimum absolute atomic E-state index is 0.245. The topological polar surface area (TPSA) is 73.7 Å². The molecule has 4 atom stereocenters. The van der Waals surface area contributed by atoms with Gasteiger partial charge >= 0.3 is 5.97 Å². The zero-order valence-corrected chi connectivity index (χ0v) is 17.8. The van der Waals surface area contributed by atoms with Crippen LogP contribution in [0.25, 0.3) is 0 Å². The van der Waals surface area contributed by atoms with Gasteiger partial charge in [-0.25, -0.2) is 0 Å². The van der Waals surface area contributed by atoms with Crippen LogP contribution in [0.15, 0.2) is 47.6 Å². The Morgan fingerprint density at radius 3 is 2.76 bits per heavy atom. The summed E-state index contributed by atoms with van der Waals surface area (Å²) in [6.45, 7) is 2.12. The van der Waals surface area contributed by atoms with E-state index in [9.17, 15) is 4.79 Å². The zero-order chi connectivity index (χ0) is 20.6. The van der Waals surface area contributed by atoms with Crippen molar-refractivity contribution in [2.45, 2.75) is 51.9 Å². The van der Waals surface area contributed by atoms with Gasteiger partial charge in [0.2, 0.25) is 0 Å². The fraction of sp³-hybridized carbons (Fsp3) is 0.522. The molecule has 2 aliphatic carbocycles. The van der Waals surface area contributed by atoms with Gasteiger partial charge in [0.05, 0.1) is 0 Å². The van der Waals surface area contributed by atoms with E-state index in [1.807, 2.05) is 30.3 Å². The van der Waals surface area contributed by atoms with Crippen LogP contribution >= 0.6 is 12.2 Å². The molecule has 0 heterocycles. The highest BCUT2D eigenvalue weighted by Gasteiger charge is 2.47. The van der Waals surface area contributed by atoms with Gasteiger partial charge in [0.1, 0.15) is 0 Å². The maximum atomic E-state index is 10.6. The van der Waals surface area contributed by atoms with Crippen LogP contribution in [0, 0.1) is 23.7 Å². The summed E-state index contributed by atoms with van der Waals surface area (Å²) in [5, 5.41) is 17.0. The summed E-state index contributed by atoms with van der Waals surface area (Å²) in [5.41, 5.74) is 5.10. The van der Waals surface area contributed by atoms with E-state index in [0.29, 0.717) is 23.4 Å². The highest BCUT2D eigenvalue weighted by atomic mass is 32.1. The van der Waals surface area contributed by atoms with Crippen molar-refractivity contribution in [2.24, 2.45) is 28.8 Å². The second-order valence-corrected chi connectivity index (χ2v) is 8.61. The summed E-state index contributed by atoms with van der Waals surface area (Å²) < 4.78 is 0. The molecule has 0 saturated heterocycles. The molecule has 1 aromatic rings. The van der Waals surface area contributed by atoms with E-state index >= 15 is 0 Å². The van der Waals surface area contributed by atoms with Crippen LogP contribution in [0.2, 0.25) is 0 Å². The molecular formula is C23H31N3O2S. The van der Waals surface area contributed by atoms with E-state index in [1.54, 1.807) is 0 Å². The Morgan fingerprint density at radius 1 is 1.24 bits per heavy atom. The quantitative estimate of drug-likeness (QED) is 0.170. The molecule has 3 N–H and O–H groups in total. The first kappa shape index (κ1) is 21.5. The van der Waals surface area contributed by atoms with E-state index in [2.05, 4.69) is 34.9 Å². The van der Waals surface area contributed by atoms with Crippen LogP contribution in [-0.2, 0) is 4.79 Å². The van der Waals surface area contributed by atoms with E-state index < -0.39 is 5.97 Å². The number of fused-ring (bicyclic) bond motifs is 2. The number of hydrogen-bond acceptors (Lipinski definition) is 3. The van der Waals surface area contributed by atoms with Crippen LogP contribution in [0.1, 0.15) is 51.9 Å². The van der Waals surface area contributed by atoms with Gasteiger partial charge in [-0.05, 0) is 87.6 Å². The third-order valence-electron chi connectivity index (χ3n) is 6.27. The highest BCUT2D eigenvalue weighted by molar-refractivity contribution is 7.80. The molecule has 156 valence electrons. The van der Waals surface area contributed by atoms with Crippen LogP contribution in [0.5, 0.6) is 0 Å². The Labute approximate surface area is 178 Å². The largest absolute Gasteiger partial charge is 0.481 e. The Morgan fingerprint density at radius 2 is 2.00 bits per heavy atom. The summed E-state index contributed by atoms with van der Waals surface area (Å²) >= 11 is 5.37. The Bertz CT molecular complexity index is 763. The van der Waals surface area contributed by atoms with Gasteiger partial charge in [0.25, 0.3) is 0 Å². The molecule has 0 amide bonds. The van der Waals surface area contributed by atoms with Crippen LogP contribution < -0.4 is 10.7 Å². The minimum atomic E-state index is -0.717. The number of benzene rings is 1. The lowest BCUT2D eigenvalue weighted by Gasteiger charge is -2.30. The minimum Gasteiger partial charge on any atom is -0.481 e. The average Bonchev–Trinajstić information content (AvgIpc) is 3.31. The van der Waals surface area contributed by atoms with Gasteiger partial charge in [-0.2, -0.15) is 5.10 Å². The number of rotatable bonds is 9. The lowest BCUT2D eigenvalue weighted by atomic mass is 9.75. The predicted molar refractivity (Wildman–Crippen MR) is 122 cm³/mol. The second-order valence-electron chi connectivity index (χ2n) is 8.20. The predicted octanol–water partition coefficient (Wildman–Crippen LogP) is 5.21. The summed E-state index contributed by atoms with van der Waals surface area (Å²) in [6.07, 6.45) is 11.2. The molecule has 2 bridgehead atoms. The van der Waals surface area contributed by atoms with Gasteiger partial charge in [-0.1, -0.05) is 30.4 Å². The van der Waals surface area contributed by atoms with E-state index in [0.717, 1.165) is 36.1 Å². The number of nitrogens with one attached hydrogen (secondary N) is 2. The number of anilines is 1. The second kappa shape index (κ2) is 10.5. The number of hydrogen-bond donors (Lipinski definition) is 3. The van der Waals surface area contributed by atoms with Crippen molar-refractivity contribution >= 4 is 34.7 Å². The lowest BCUT2D eigenvalue weighted by Crippen LogP contribution is -2.31. The Balaban J connectivity index is 1.52. The van der Waals surface area contributed by atoms with E-state index in [1.165, 1.54) is 19.3 Å². The van der Waals surface area contributed by atoms with Crippen molar-refractivity contribution in [3.05, 3.63) is 42.5 Å². The number of nitrogens with zero attached hydrogens (tertiary/aromatic N) is 1. The molecule has 3 unspecified atom stereocenters. The standard InChI is InChI=1S/C23H31N3O2S/c1-16(25-26-23(29)24-19-9-5-4-6-10-19)22-18-14-13-17(15-18)20(22)11-7-2-3-8-12-21(27)28/h2,4-7,9-10,17-18,20,22H,3,8,11-15H2,1H3,(H,27,28)(H2,24,26,29)/b7-2-,25-16+/t17?,18?,20?,22-/m0/s1. The molecule has 2 saturated carbocycles. The number of carbonyl (C=O) groups is 1. The number of carboxylic acids is 1. The molecule has 0 spiro atoms. The molecule has 5 nitrogen and oxygen atoms in total. The first-order valence-corrected chi connectivity index (χ1v) is 11.0. The molecule has 2 fully saturated rings.